The van der Waals surface area contributed by atoms with Crippen molar-refractivity contribution in [2.24, 2.45) is 0 Å². The van der Waals surface area contributed by atoms with Gasteiger partial charge in [-0.05, 0) is 50.1 Å². The predicted octanol–water partition coefficient (Wildman–Crippen LogP) is 3.24. The topological polar surface area (TPSA) is 12.0 Å². The van der Waals surface area contributed by atoms with E-state index in [4.69, 9.17) is 11.6 Å². The average Bonchev–Trinajstić information content (AvgIpc) is 2.14. The highest BCUT2D eigenvalue weighted by Gasteiger charge is 2.00. The molecule has 0 heterocycles. The molecule has 0 saturated heterocycles. The zero-order valence-electron chi connectivity index (χ0n) is 9.19. The first-order valence-electron chi connectivity index (χ1n) is 5.19. The van der Waals surface area contributed by atoms with E-state index in [2.05, 4.69) is 5.32 Å². The molecule has 0 radical (unpaired) electrons. The van der Waals surface area contributed by atoms with Gasteiger partial charge in [0.2, 0.25) is 0 Å². The third-order valence-corrected chi connectivity index (χ3v) is 2.56. The molecular weight excluding hydrogens is 213 g/mol. The molecule has 0 aliphatic carbocycles. The molecule has 0 aliphatic heterocycles. The molecule has 1 N–H and O–H groups in total. The SMILES string of the molecule is Cc1cc(F)ccc1CNCCC(C)Cl. The van der Waals surface area contributed by atoms with Crippen molar-refractivity contribution in [3.8, 4) is 0 Å². The van der Waals surface area contributed by atoms with E-state index in [-0.39, 0.29) is 11.2 Å². The molecule has 1 nitrogen and oxygen atoms in total. The van der Waals surface area contributed by atoms with Crippen LogP contribution < -0.4 is 5.32 Å². The van der Waals surface area contributed by atoms with Gasteiger partial charge < -0.3 is 5.32 Å². The minimum Gasteiger partial charge on any atom is -0.313 e. The first-order valence-corrected chi connectivity index (χ1v) is 5.63. The van der Waals surface area contributed by atoms with Gasteiger partial charge in [-0.3, -0.25) is 0 Å². The van der Waals surface area contributed by atoms with E-state index in [9.17, 15) is 4.39 Å². The summed E-state index contributed by atoms with van der Waals surface area (Å²) in [5.41, 5.74) is 2.13. The molecule has 0 spiro atoms. The molecule has 84 valence electrons. The van der Waals surface area contributed by atoms with Crippen LogP contribution in [0.4, 0.5) is 4.39 Å². The molecule has 0 bridgehead atoms. The maximum atomic E-state index is 12.8. The van der Waals surface area contributed by atoms with Crippen LogP contribution in [0.3, 0.4) is 0 Å². The Morgan fingerprint density at radius 2 is 2.20 bits per heavy atom. The van der Waals surface area contributed by atoms with Crippen LogP contribution in [0, 0.1) is 12.7 Å². The lowest BCUT2D eigenvalue weighted by Gasteiger charge is -2.08. The van der Waals surface area contributed by atoms with Crippen LogP contribution in [0.2, 0.25) is 0 Å². The Morgan fingerprint density at radius 1 is 1.47 bits per heavy atom. The van der Waals surface area contributed by atoms with Crippen molar-refractivity contribution < 1.29 is 4.39 Å². The van der Waals surface area contributed by atoms with Crippen molar-refractivity contribution in [2.75, 3.05) is 6.54 Å². The second-order valence-electron chi connectivity index (χ2n) is 3.82. The van der Waals surface area contributed by atoms with Crippen molar-refractivity contribution in [3.63, 3.8) is 0 Å². The molecule has 0 saturated carbocycles. The smallest absolute Gasteiger partial charge is 0.123 e. The zero-order chi connectivity index (χ0) is 11.3. The molecule has 1 atom stereocenters. The minimum atomic E-state index is -0.175. The van der Waals surface area contributed by atoms with Crippen molar-refractivity contribution in [1.82, 2.24) is 5.32 Å². The summed E-state index contributed by atoms with van der Waals surface area (Å²) in [7, 11) is 0. The molecule has 3 heteroatoms. The Kier molecular flexibility index (Phi) is 5.06. The fourth-order valence-corrected chi connectivity index (χ4v) is 1.49. The van der Waals surface area contributed by atoms with Gasteiger partial charge in [0, 0.05) is 11.9 Å². The molecule has 1 unspecified atom stereocenters. The van der Waals surface area contributed by atoms with Crippen LogP contribution in [0.5, 0.6) is 0 Å². The van der Waals surface area contributed by atoms with Gasteiger partial charge in [-0.2, -0.15) is 0 Å². The van der Waals surface area contributed by atoms with Crippen LogP contribution in [0.15, 0.2) is 18.2 Å². The summed E-state index contributed by atoms with van der Waals surface area (Å²) in [6, 6.07) is 4.87. The second kappa shape index (κ2) is 6.09. The fraction of sp³-hybridized carbons (Fsp3) is 0.500. The molecular formula is C12H17ClFN. The molecule has 0 aromatic heterocycles. The highest BCUT2D eigenvalue weighted by atomic mass is 35.5. The van der Waals surface area contributed by atoms with E-state index < -0.39 is 0 Å². The van der Waals surface area contributed by atoms with Crippen molar-refractivity contribution in [1.29, 1.82) is 0 Å². The third-order valence-electron chi connectivity index (χ3n) is 2.34. The van der Waals surface area contributed by atoms with Crippen LogP contribution >= 0.6 is 11.6 Å². The summed E-state index contributed by atoms with van der Waals surface area (Å²) < 4.78 is 12.8. The number of hydrogen-bond acceptors (Lipinski definition) is 1. The van der Waals surface area contributed by atoms with E-state index in [0.717, 1.165) is 30.6 Å². The number of nitrogens with one attached hydrogen (secondary N) is 1. The van der Waals surface area contributed by atoms with Crippen molar-refractivity contribution >= 4 is 11.6 Å². The Morgan fingerprint density at radius 3 is 2.80 bits per heavy atom. The van der Waals surface area contributed by atoms with Gasteiger partial charge in [0.15, 0.2) is 0 Å². The van der Waals surface area contributed by atoms with E-state index >= 15 is 0 Å². The van der Waals surface area contributed by atoms with Crippen LogP contribution in [-0.2, 0) is 6.54 Å². The van der Waals surface area contributed by atoms with E-state index in [1.54, 1.807) is 6.07 Å². The Labute approximate surface area is 95.6 Å². The molecule has 0 amide bonds. The molecule has 1 aromatic carbocycles. The molecule has 0 aliphatic rings. The van der Waals surface area contributed by atoms with Gasteiger partial charge >= 0.3 is 0 Å². The summed E-state index contributed by atoms with van der Waals surface area (Å²) in [6.45, 7) is 5.56. The molecule has 15 heavy (non-hydrogen) atoms. The summed E-state index contributed by atoms with van der Waals surface area (Å²) in [5.74, 6) is -0.175. The number of hydrogen-bond donors (Lipinski definition) is 1. The van der Waals surface area contributed by atoms with E-state index in [0.29, 0.717) is 0 Å². The Bertz CT molecular complexity index is 312. The zero-order valence-corrected chi connectivity index (χ0v) is 9.94. The summed E-state index contributed by atoms with van der Waals surface area (Å²) in [6.07, 6.45) is 0.946. The van der Waals surface area contributed by atoms with Gasteiger partial charge in [-0.15, -0.1) is 11.6 Å². The molecule has 0 fully saturated rings. The van der Waals surface area contributed by atoms with Crippen molar-refractivity contribution in [2.45, 2.75) is 32.2 Å². The summed E-state index contributed by atoms with van der Waals surface area (Å²) in [4.78, 5) is 0. The second-order valence-corrected chi connectivity index (χ2v) is 4.56. The Hall–Kier alpha value is -0.600. The normalized spacial score (nSPS) is 12.8. The average molecular weight is 230 g/mol. The maximum absolute atomic E-state index is 12.8. The summed E-state index contributed by atoms with van der Waals surface area (Å²) in [5, 5.41) is 3.49. The van der Waals surface area contributed by atoms with Crippen LogP contribution in [-0.4, -0.2) is 11.9 Å². The maximum Gasteiger partial charge on any atom is 0.123 e. The van der Waals surface area contributed by atoms with E-state index in [1.807, 2.05) is 19.9 Å². The lowest BCUT2D eigenvalue weighted by molar-refractivity contribution is 0.619. The third kappa shape index (κ3) is 4.63. The van der Waals surface area contributed by atoms with Gasteiger partial charge in [0.1, 0.15) is 5.82 Å². The first-order chi connectivity index (χ1) is 7.09. The van der Waals surface area contributed by atoms with Crippen molar-refractivity contribution in [3.05, 3.63) is 35.1 Å². The largest absolute Gasteiger partial charge is 0.313 e. The van der Waals surface area contributed by atoms with Gasteiger partial charge in [0.25, 0.3) is 0 Å². The number of aryl methyl sites for hydroxylation is 1. The number of alkyl halides is 1. The quantitative estimate of drug-likeness (QED) is 0.604. The van der Waals surface area contributed by atoms with Gasteiger partial charge in [0.05, 0.1) is 0 Å². The predicted molar refractivity (Wildman–Crippen MR) is 62.8 cm³/mol. The van der Waals surface area contributed by atoms with Crippen LogP contribution in [0.25, 0.3) is 0 Å². The monoisotopic (exact) mass is 229 g/mol. The summed E-state index contributed by atoms with van der Waals surface area (Å²) >= 11 is 5.82. The first kappa shape index (κ1) is 12.5. The molecule has 1 aromatic rings. The highest BCUT2D eigenvalue weighted by molar-refractivity contribution is 6.20. The number of halogens is 2. The number of benzene rings is 1. The van der Waals surface area contributed by atoms with Gasteiger partial charge in [-0.1, -0.05) is 6.07 Å². The van der Waals surface area contributed by atoms with Crippen LogP contribution in [0.1, 0.15) is 24.5 Å². The standard InChI is InChI=1S/C12H17ClFN/c1-9-7-12(14)4-3-11(9)8-15-6-5-10(2)13/h3-4,7,10,15H,5-6,8H2,1-2H3. The lowest BCUT2D eigenvalue weighted by Crippen LogP contribution is -2.17. The van der Waals surface area contributed by atoms with Gasteiger partial charge in [-0.25, -0.2) is 4.39 Å². The fourth-order valence-electron chi connectivity index (χ4n) is 1.38. The lowest BCUT2D eigenvalue weighted by atomic mass is 10.1. The Balaban J connectivity index is 2.37. The number of rotatable bonds is 5. The minimum absolute atomic E-state index is 0.175. The van der Waals surface area contributed by atoms with E-state index in [1.165, 1.54) is 6.07 Å². The molecule has 1 rings (SSSR count). The highest BCUT2D eigenvalue weighted by Crippen LogP contribution is 2.09.